The van der Waals surface area contributed by atoms with E-state index in [-0.39, 0.29) is 10.8 Å². The number of hydrogen-bond acceptors (Lipinski definition) is 0. The molecule has 0 bridgehead atoms. The third-order valence-electron chi connectivity index (χ3n) is 8.30. The molecule has 0 heterocycles. The van der Waals surface area contributed by atoms with Gasteiger partial charge in [0.1, 0.15) is 0 Å². The second kappa shape index (κ2) is 6.58. The van der Waals surface area contributed by atoms with Crippen molar-refractivity contribution in [2.24, 2.45) is 5.92 Å². The second-order valence-electron chi connectivity index (χ2n) is 10.9. The topological polar surface area (TPSA) is 0 Å². The Hall–Kier alpha value is -2.38. The molecule has 0 nitrogen and oxygen atoms in total. The lowest BCUT2D eigenvalue weighted by Crippen LogP contribution is -2.25. The van der Waals surface area contributed by atoms with Crippen LogP contribution in [0, 0.1) is 12.8 Å². The van der Waals surface area contributed by atoms with Crippen LogP contribution in [0.2, 0.25) is 0 Å². The fraction of sp³-hybridized carbons (Fsp3) is 0.290. The Morgan fingerprint density at radius 3 is 2.28 bits per heavy atom. The predicted molar refractivity (Wildman–Crippen MR) is 139 cm³/mol. The highest BCUT2D eigenvalue weighted by Crippen LogP contribution is 2.55. The number of rotatable bonds is 1. The highest BCUT2D eigenvalue weighted by molar-refractivity contribution is 9.10. The first-order chi connectivity index (χ1) is 15.2. The average molecular weight is 481 g/mol. The van der Waals surface area contributed by atoms with Gasteiger partial charge in [-0.2, -0.15) is 0 Å². The molecule has 3 aliphatic carbocycles. The molecule has 3 aromatic carbocycles. The van der Waals surface area contributed by atoms with Crippen molar-refractivity contribution in [3.8, 4) is 11.1 Å². The smallest absolute Gasteiger partial charge is 0.0178 e. The number of fused-ring (bicyclic) bond motifs is 6. The first-order valence-electron chi connectivity index (χ1n) is 11.6. The van der Waals surface area contributed by atoms with Crippen LogP contribution in [0.1, 0.15) is 67.0 Å². The van der Waals surface area contributed by atoms with E-state index in [9.17, 15) is 0 Å². The van der Waals surface area contributed by atoms with Crippen LogP contribution in [0.25, 0.3) is 16.7 Å². The molecule has 1 heteroatoms. The Labute approximate surface area is 200 Å². The Bertz CT molecular complexity index is 1350. The van der Waals surface area contributed by atoms with Crippen molar-refractivity contribution < 1.29 is 0 Å². The summed E-state index contributed by atoms with van der Waals surface area (Å²) in [4.78, 5) is 0. The van der Waals surface area contributed by atoms with Gasteiger partial charge >= 0.3 is 0 Å². The van der Waals surface area contributed by atoms with Crippen molar-refractivity contribution in [2.75, 3.05) is 0 Å². The number of hydrogen-bond donors (Lipinski definition) is 0. The van der Waals surface area contributed by atoms with Gasteiger partial charge < -0.3 is 0 Å². The van der Waals surface area contributed by atoms with Gasteiger partial charge in [0.25, 0.3) is 0 Å². The Kier molecular flexibility index (Phi) is 4.16. The van der Waals surface area contributed by atoms with Crippen LogP contribution in [0.5, 0.6) is 0 Å². The summed E-state index contributed by atoms with van der Waals surface area (Å²) >= 11 is 3.67. The van der Waals surface area contributed by atoms with Crippen LogP contribution >= 0.6 is 15.9 Å². The zero-order valence-corrected chi connectivity index (χ0v) is 21.0. The molecular weight excluding hydrogens is 452 g/mol. The van der Waals surface area contributed by atoms with Gasteiger partial charge in [-0.15, -0.1) is 0 Å². The summed E-state index contributed by atoms with van der Waals surface area (Å²) < 4.78 is 1.15. The first-order valence-corrected chi connectivity index (χ1v) is 12.4. The molecule has 0 amide bonds. The maximum atomic E-state index is 3.67. The minimum absolute atomic E-state index is 0.00628. The molecule has 0 radical (unpaired) electrons. The van der Waals surface area contributed by atoms with Gasteiger partial charge in [-0.25, -0.2) is 0 Å². The fourth-order valence-corrected chi connectivity index (χ4v) is 6.78. The Balaban J connectivity index is 1.43. The third-order valence-corrected chi connectivity index (χ3v) is 8.79. The molecule has 0 saturated carbocycles. The van der Waals surface area contributed by atoms with Crippen LogP contribution in [-0.4, -0.2) is 0 Å². The van der Waals surface area contributed by atoms with Gasteiger partial charge in [-0.1, -0.05) is 104 Å². The lowest BCUT2D eigenvalue weighted by molar-refractivity contribution is 0.395. The van der Waals surface area contributed by atoms with E-state index in [0.29, 0.717) is 11.8 Å². The maximum Gasteiger partial charge on any atom is 0.0178 e. The van der Waals surface area contributed by atoms with E-state index in [0.717, 1.165) is 4.47 Å². The van der Waals surface area contributed by atoms with Crippen molar-refractivity contribution in [2.45, 2.75) is 51.4 Å². The molecule has 0 N–H and O–H groups in total. The van der Waals surface area contributed by atoms with Crippen LogP contribution in [-0.2, 0) is 10.8 Å². The number of aryl methyl sites for hydroxylation is 1. The van der Waals surface area contributed by atoms with E-state index in [1.54, 1.807) is 0 Å². The number of allylic oxidation sites excluding steroid dienone is 4. The molecular formula is C31H29Br. The third kappa shape index (κ3) is 2.67. The van der Waals surface area contributed by atoms with Crippen molar-refractivity contribution in [1.29, 1.82) is 0 Å². The van der Waals surface area contributed by atoms with E-state index in [1.165, 1.54) is 50.1 Å². The SMILES string of the molecule is Cc1ccc2c(c1)C(C)(C)C1C=C(c3ccc4c(c3)C(C)(C)c3cc(Br)ccc3-4)C=CC21. The summed E-state index contributed by atoms with van der Waals surface area (Å²) in [5.74, 6) is 0.977. The average Bonchev–Trinajstić information content (AvgIpc) is 3.12. The minimum Gasteiger partial charge on any atom is -0.0758 e. The van der Waals surface area contributed by atoms with Crippen LogP contribution < -0.4 is 0 Å². The van der Waals surface area contributed by atoms with Gasteiger partial charge in [0.15, 0.2) is 0 Å². The van der Waals surface area contributed by atoms with Gasteiger partial charge in [-0.3, -0.25) is 0 Å². The second-order valence-corrected chi connectivity index (χ2v) is 11.8. The van der Waals surface area contributed by atoms with Gasteiger partial charge in [0.05, 0.1) is 0 Å². The molecule has 3 aromatic rings. The molecule has 3 aliphatic rings. The highest BCUT2D eigenvalue weighted by Gasteiger charge is 2.45. The highest BCUT2D eigenvalue weighted by atomic mass is 79.9. The molecule has 6 rings (SSSR count). The molecule has 0 spiro atoms. The minimum atomic E-state index is 0.00628. The first kappa shape index (κ1) is 20.2. The summed E-state index contributed by atoms with van der Waals surface area (Å²) in [5.41, 5.74) is 12.8. The molecule has 0 aliphatic heterocycles. The van der Waals surface area contributed by atoms with Crippen LogP contribution in [0.15, 0.2) is 77.3 Å². The summed E-state index contributed by atoms with van der Waals surface area (Å²) in [6.45, 7) is 11.8. The standard InChI is InChI=1S/C31H29Br/c1-18-6-10-22-23-11-7-19(15-27(23)30(2,3)26(22)14-18)20-8-12-24-25-13-9-21(32)17-29(25)31(4,5)28(24)16-20/h6-17,23,27H,1-5H3. The molecule has 2 atom stereocenters. The van der Waals surface area contributed by atoms with Crippen LogP contribution in [0.4, 0.5) is 0 Å². The molecule has 0 saturated heterocycles. The van der Waals surface area contributed by atoms with Crippen molar-refractivity contribution in [3.63, 3.8) is 0 Å². The Morgan fingerprint density at radius 2 is 1.50 bits per heavy atom. The van der Waals surface area contributed by atoms with E-state index in [2.05, 4.69) is 123 Å². The summed E-state index contributed by atoms with van der Waals surface area (Å²) in [6, 6.07) is 20.8. The van der Waals surface area contributed by atoms with E-state index < -0.39 is 0 Å². The Morgan fingerprint density at radius 1 is 0.781 bits per heavy atom. The monoisotopic (exact) mass is 480 g/mol. The zero-order valence-electron chi connectivity index (χ0n) is 19.5. The summed E-state index contributed by atoms with van der Waals surface area (Å²) in [6.07, 6.45) is 7.36. The summed E-state index contributed by atoms with van der Waals surface area (Å²) in [5, 5.41) is 0. The maximum absolute atomic E-state index is 3.67. The predicted octanol–water partition coefficient (Wildman–Crippen LogP) is 8.71. The largest absolute Gasteiger partial charge is 0.0758 e. The van der Waals surface area contributed by atoms with Crippen LogP contribution in [0.3, 0.4) is 0 Å². The quantitative estimate of drug-likeness (QED) is 0.326. The molecule has 2 unspecified atom stereocenters. The lowest BCUT2D eigenvalue weighted by atomic mass is 9.72. The number of benzene rings is 3. The normalized spacial score (nSPS) is 23.2. The lowest BCUT2D eigenvalue weighted by Gasteiger charge is -2.31. The van der Waals surface area contributed by atoms with E-state index in [1.807, 2.05) is 0 Å². The summed E-state index contributed by atoms with van der Waals surface area (Å²) in [7, 11) is 0. The van der Waals surface area contributed by atoms with Crippen molar-refractivity contribution in [1.82, 2.24) is 0 Å². The van der Waals surface area contributed by atoms with E-state index in [4.69, 9.17) is 0 Å². The van der Waals surface area contributed by atoms with Crippen molar-refractivity contribution in [3.05, 3.63) is 111 Å². The van der Waals surface area contributed by atoms with Crippen molar-refractivity contribution >= 4 is 21.5 Å². The molecule has 0 aromatic heterocycles. The van der Waals surface area contributed by atoms with Gasteiger partial charge in [-0.05, 0) is 81.0 Å². The number of halogens is 1. The molecule has 160 valence electrons. The fourth-order valence-electron chi connectivity index (χ4n) is 6.41. The van der Waals surface area contributed by atoms with Gasteiger partial charge in [0, 0.05) is 15.8 Å². The zero-order chi connectivity index (χ0) is 22.4. The van der Waals surface area contributed by atoms with Gasteiger partial charge in [0.2, 0.25) is 0 Å². The molecule has 0 fully saturated rings. The molecule has 32 heavy (non-hydrogen) atoms. The van der Waals surface area contributed by atoms with E-state index >= 15 is 0 Å².